The van der Waals surface area contributed by atoms with Gasteiger partial charge in [0.1, 0.15) is 17.9 Å². The topological polar surface area (TPSA) is 107 Å². The molecule has 2 atom stereocenters. The first kappa shape index (κ1) is 22.3. The molecule has 1 aromatic heterocycles. The Morgan fingerprint density at radius 1 is 1.03 bits per heavy atom. The number of aryl methyl sites for hydroxylation is 3. The highest BCUT2D eigenvalue weighted by atomic mass is 16.6. The summed E-state index contributed by atoms with van der Waals surface area (Å²) in [5.74, 6) is 0.793. The zero-order valence-corrected chi connectivity index (χ0v) is 19.4. The number of nitro benzene ring substituents is 1. The predicted molar refractivity (Wildman–Crippen MR) is 131 cm³/mol. The van der Waals surface area contributed by atoms with Gasteiger partial charge in [0.15, 0.2) is 5.76 Å². The predicted octanol–water partition coefficient (Wildman–Crippen LogP) is 5.18. The molecule has 176 valence electrons. The first-order valence-electron chi connectivity index (χ1n) is 11.2. The molecule has 1 amide bonds. The van der Waals surface area contributed by atoms with Gasteiger partial charge in [-0.2, -0.15) is 0 Å². The third-order valence-corrected chi connectivity index (χ3v) is 6.05. The molecular weight excluding hydrogens is 446 g/mol. The van der Waals surface area contributed by atoms with Gasteiger partial charge in [0.2, 0.25) is 5.90 Å². The highest BCUT2D eigenvalue weighted by Crippen LogP contribution is 2.29. The van der Waals surface area contributed by atoms with Crippen LogP contribution in [0.3, 0.4) is 0 Å². The van der Waals surface area contributed by atoms with Crippen LogP contribution >= 0.6 is 0 Å². The summed E-state index contributed by atoms with van der Waals surface area (Å²) < 4.78 is 11.8. The van der Waals surface area contributed by atoms with E-state index in [1.54, 1.807) is 31.2 Å². The number of carbonyl (C=O) groups excluding carboxylic acids is 1. The van der Waals surface area contributed by atoms with Gasteiger partial charge in [-0.3, -0.25) is 14.9 Å². The number of ether oxygens (including phenoxy) is 1. The van der Waals surface area contributed by atoms with Gasteiger partial charge in [-0.15, -0.1) is 0 Å². The molecule has 0 saturated heterocycles. The lowest BCUT2D eigenvalue weighted by atomic mass is 10.0. The maximum atomic E-state index is 12.8. The lowest BCUT2D eigenvalue weighted by molar-refractivity contribution is -0.384. The minimum absolute atomic E-state index is 0.00403. The summed E-state index contributed by atoms with van der Waals surface area (Å²) in [7, 11) is 0. The van der Waals surface area contributed by atoms with Gasteiger partial charge in [-0.1, -0.05) is 17.7 Å². The molecule has 0 bridgehead atoms. The number of hydrogen-bond donors (Lipinski definition) is 1. The van der Waals surface area contributed by atoms with Crippen LogP contribution in [0.15, 0.2) is 81.9 Å². The molecule has 0 radical (unpaired) electrons. The van der Waals surface area contributed by atoms with Crippen LogP contribution in [0.25, 0.3) is 11.3 Å². The Morgan fingerprint density at radius 2 is 1.80 bits per heavy atom. The van der Waals surface area contributed by atoms with Gasteiger partial charge in [0, 0.05) is 29.0 Å². The zero-order chi connectivity index (χ0) is 24.7. The van der Waals surface area contributed by atoms with Crippen molar-refractivity contribution in [2.75, 3.05) is 0 Å². The number of allylic oxidation sites excluding steroid dienone is 1. The number of furan rings is 1. The summed E-state index contributed by atoms with van der Waals surface area (Å²) in [6.07, 6.45) is 5.33. The maximum absolute atomic E-state index is 12.8. The summed E-state index contributed by atoms with van der Waals surface area (Å²) in [5, 5.41) is 13.8. The number of benzene rings is 2. The van der Waals surface area contributed by atoms with Crippen molar-refractivity contribution in [2.45, 2.75) is 32.9 Å². The Morgan fingerprint density at radius 3 is 2.54 bits per heavy atom. The summed E-state index contributed by atoms with van der Waals surface area (Å²) in [4.78, 5) is 28.0. The Bertz CT molecular complexity index is 1450. The fraction of sp³-hybridized carbons (Fsp3) is 0.185. The molecule has 2 aliphatic rings. The van der Waals surface area contributed by atoms with E-state index in [1.807, 2.05) is 38.1 Å². The summed E-state index contributed by atoms with van der Waals surface area (Å²) in [5.41, 5.74) is 5.22. The molecule has 8 nitrogen and oxygen atoms in total. The molecule has 2 aromatic carbocycles. The van der Waals surface area contributed by atoms with Crippen molar-refractivity contribution in [3.63, 3.8) is 0 Å². The third-order valence-electron chi connectivity index (χ3n) is 6.05. The first-order valence-corrected chi connectivity index (χ1v) is 11.2. The molecule has 0 spiro atoms. The van der Waals surface area contributed by atoms with E-state index in [-0.39, 0.29) is 23.6 Å². The van der Waals surface area contributed by atoms with E-state index >= 15 is 0 Å². The lowest BCUT2D eigenvalue weighted by Gasteiger charge is -2.17. The van der Waals surface area contributed by atoms with Crippen LogP contribution in [-0.4, -0.2) is 28.9 Å². The minimum Gasteiger partial charge on any atom is -0.467 e. The third kappa shape index (κ3) is 4.38. The van der Waals surface area contributed by atoms with E-state index in [0.717, 1.165) is 11.1 Å². The van der Waals surface area contributed by atoms with Crippen LogP contribution in [0.4, 0.5) is 5.69 Å². The molecular formula is C27H23N3O5. The molecule has 0 fully saturated rings. The molecule has 1 aliphatic heterocycles. The fourth-order valence-electron chi connectivity index (χ4n) is 4.27. The smallest absolute Gasteiger partial charge is 0.291 e. The van der Waals surface area contributed by atoms with Crippen LogP contribution in [0.1, 0.15) is 32.8 Å². The largest absolute Gasteiger partial charge is 0.467 e. The number of rotatable bonds is 5. The Kier molecular flexibility index (Phi) is 5.56. The molecule has 1 N–H and O–H groups in total. The molecule has 1 aliphatic carbocycles. The fourth-order valence-corrected chi connectivity index (χ4v) is 4.27. The Balaban J connectivity index is 1.31. The summed E-state index contributed by atoms with van der Waals surface area (Å²) in [6.45, 7) is 5.84. The van der Waals surface area contributed by atoms with E-state index < -0.39 is 10.8 Å². The van der Waals surface area contributed by atoms with Crippen LogP contribution in [0, 0.1) is 30.9 Å². The first-order chi connectivity index (χ1) is 16.8. The highest BCUT2D eigenvalue weighted by molar-refractivity contribution is 5.97. The van der Waals surface area contributed by atoms with Gasteiger partial charge in [0.25, 0.3) is 11.6 Å². The molecule has 8 heteroatoms. The van der Waals surface area contributed by atoms with Crippen molar-refractivity contribution >= 4 is 17.5 Å². The normalized spacial score (nSPS) is 18.4. The number of amides is 1. The maximum Gasteiger partial charge on any atom is 0.291 e. The van der Waals surface area contributed by atoms with E-state index in [9.17, 15) is 14.9 Å². The van der Waals surface area contributed by atoms with Crippen molar-refractivity contribution in [2.24, 2.45) is 4.99 Å². The van der Waals surface area contributed by atoms with Gasteiger partial charge >= 0.3 is 0 Å². The number of hydrogen-bond acceptors (Lipinski definition) is 6. The second-order valence-electron chi connectivity index (χ2n) is 8.68. The molecule has 2 heterocycles. The van der Waals surface area contributed by atoms with Gasteiger partial charge in [-0.05, 0) is 74.4 Å². The SMILES string of the molecule is Cc1ccc(C2=NC3C=C(NC(=O)c4ccc(-c5ccc([N+](=O)[O-])cc5C)o4)C=CC3O2)c(C)c1. The van der Waals surface area contributed by atoms with Crippen LogP contribution in [0.5, 0.6) is 0 Å². The van der Waals surface area contributed by atoms with Crippen LogP contribution in [0.2, 0.25) is 0 Å². The Labute approximate surface area is 201 Å². The number of nitrogens with one attached hydrogen (secondary N) is 1. The standard InChI is InChI=1S/C27H23N3O5/c1-15-4-7-21(16(2)12-15)27-29-22-14-18(5-9-24(22)35-27)28-26(31)25-11-10-23(34-25)20-8-6-19(30(32)33)13-17(20)3/h4-14,22,24H,1-3H3,(H,28,31). The number of aliphatic imine (C=N–C) groups is 1. The Hall–Kier alpha value is -4.46. The minimum atomic E-state index is -0.446. The average molecular weight is 469 g/mol. The monoisotopic (exact) mass is 469 g/mol. The van der Waals surface area contributed by atoms with E-state index in [1.165, 1.54) is 17.7 Å². The van der Waals surface area contributed by atoms with Crippen molar-refractivity contribution in [3.05, 3.63) is 111 Å². The van der Waals surface area contributed by atoms with Crippen LogP contribution < -0.4 is 5.32 Å². The van der Waals surface area contributed by atoms with Crippen LogP contribution in [-0.2, 0) is 4.74 Å². The van der Waals surface area contributed by atoms with Gasteiger partial charge in [0.05, 0.1) is 4.92 Å². The number of non-ortho nitro benzene ring substituents is 1. The van der Waals surface area contributed by atoms with Gasteiger partial charge < -0.3 is 14.5 Å². The second kappa shape index (κ2) is 8.72. The van der Waals surface area contributed by atoms with E-state index in [0.29, 0.717) is 28.5 Å². The molecule has 0 saturated carbocycles. The number of carbonyl (C=O) groups is 1. The summed E-state index contributed by atoms with van der Waals surface area (Å²) in [6, 6.07) is 13.7. The average Bonchev–Trinajstić information content (AvgIpc) is 3.46. The number of nitro groups is 1. The lowest BCUT2D eigenvalue weighted by Crippen LogP contribution is -2.28. The highest BCUT2D eigenvalue weighted by Gasteiger charge is 2.31. The van der Waals surface area contributed by atoms with Crippen molar-refractivity contribution in [3.8, 4) is 11.3 Å². The van der Waals surface area contributed by atoms with Crippen molar-refractivity contribution < 1.29 is 18.9 Å². The molecule has 2 unspecified atom stereocenters. The second-order valence-corrected chi connectivity index (χ2v) is 8.68. The number of nitrogens with zero attached hydrogens (tertiary/aromatic N) is 2. The van der Waals surface area contributed by atoms with E-state index in [4.69, 9.17) is 14.1 Å². The quantitative estimate of drug-likeness (QED) is 0.409. The molecule has 5 rings (SSSR count). The summed E-state index contributed by atoms with van der Waals surface area (Å²) >= 11 is 0. The molecule has 35 heavy (non-hydrogen) atoms. The van der Waals surface area contributed by atoms with Crippen molar-refractivity contribution in [1.29, 1.82) is 0 Å². The zero-order valence-electron chi connectivity index (χ0n) is 19.4. The van der Waals surface area contributed by atoms with E-state index in [2.05, 4.69) is 11.4 Å². The van der Waals surface area contributed by atoms with Gasteiger partial charge in [-0.25, -0.2) is 4.99 Å². The van der Waals surface area contributed by atoms with Crippen molar-refractivity contribution in [1.82, 2.24) is 5.32 Å². The molecule has 3 aromatic rings. The number of fused-ring (bicyclic) bond motifs is 1.